The summed E-state index contributed by atoms with van der Waals surface area (Å²) in [6.07, 6.45) is -5.03. The maximum absolute atomic E-state index is 12.9. The van der Waals surface area contributed by atoms with E-state index in [1.807, 2.05) is 0 Å². The Morgan fingerprint density at radius 3 is 2.28 bits per heavy atom. The third-order valence-corrected chi connectivity index (χ3v) is 4.94. The maximum Gasteiger partial charge on any atom is 0.490 e. The highest BCUT2D eigenvalue weighted by Crippen LogP contribution is 2.32. The molecule has 0 saturated carbocycles. The van der Waals surface area contributed by atoms with Gasteiger partial charge in [-0.15, -0.1) is 0 Å². The topological polar surface area (TPSA) is 190 Å². The van der Waals surface area contributed by atoms with E-state index in [1.165, 1.54) is 25.2 Å². The van der Waals surface area contributed by atoms with Gasteiger partial charge in [0.05, 0.1) is 17.7 Å². The van der Waals surface area contributed by atoms with E-state index in [2.05, 4.69) is 10.6 Å². The predicted molar refractivity (Wildman–Crippen MR) is 111 cm³/mol. The lowest BCUT2D eigenvalue weighted by Crippen LogP contribution is -2.54. The number of carbonyl (C=O) groups is 7. The number of carboxylic acid groups (broad SMARTS) is 2. The number of alkyl halides is 3. The number of rotatable bonds is 6. The van der Waals surface area contributed by atoms with Gasteiger partial charge in [-0.3, -0.25) is 39.0 Å². The normalized spacial score (nSPS) is 17.0. The van der Waals surface area contributed by atoms with Crippen LogP contribution in [0, 0.1) is 0 Å². The number of likely N-dealkylation sites (N-methyl/N-ethyl adjacent to an activating group) is 1. The van der Waals surface area contributed by atoms with Crippen molar-refractivity contribution in [2.75, 3.05) is 25.5 Å². The van der Waals surface area contributed by atoms with Crippen LogP contribution in [0.3, 0.4) is 0 Å². The molecule has 0 bridgehead atoms. The fourth-order valence-corrected chi connectivity index (χ4v) is 3.26. The molecule has 0 aliphatic carbocycles. The number of benzene rings is 1. The van der Waals surface area contributed by atoms with Crippen LogP contribution in [0.5, 0.6) is 0 Å². The lowest BCUT2D eigenvalue weighted by molar-refractivity contribution is -0.192. The Hall–Kier alpha value is -4.50. The number of amides is 5. The van der Waals surface area contributed by atoms with E-state index in [0.29, 0.717) is 0 Å². The molecular formula is C20H19F3N4O9. The summed E-state index contributed by atoms with van der Waals surface area (Å²) in [4.78, 5) is 82.5. The van der Waals surface area contributed by atoms with Crippen molar-refractivity contribution >= 4 is 47.2 Å². The first-order valence-electron chi connectivity index (χ1n) is 9.99. The number of nitrogens with zero attached hydrogens (tertiary/aromatic N) is 2. The second kappa shape index (κ2) is 10.8. The summed E-state index contributed by atoms with van der Waals surface area (Å²) in [5, 5.41) is 20.7. The molecule has 36 heavy (non-hydrogen) atoms. The first-order chi connectivity index (χ1) is 16.6. The Bertz CT molecular complexity index is 1140. The number of imide groups is 2. The Labute approximate surface area is 199 Å². The number of aliphatic carboxylic acids is 2. The third kappa shape index (κ3) is 6.34. The lowest BCUT2D eigenvalue weighted by atomic mass is 10.0. The number of halogens is 3. The van der Waals surface area contributed by atoms with Gasteiger partial charge in [0, 0.05) is 19.2 Å². The average Bonchev–Trinajstić information content (AvgIpc) is 3.02. The fourth-order valence-electron chi connectivity index (χ4n) is 3.26. The molecule has 2 aliphatic heterocycles. The van der Waals surface area contributed by atoms with E-state index in [9.17, 15) is 41.9 Å². The van der Waals surface area contributed by atoms with Crippen LogP contribution in [0.2, 0.25) is 0 Å². The summed E-state index contributed by atoms with van der Waals surface area (Å²) >= 11 is 0. The Kier molecular flexibility index (Phi) is 8.35. The van der Waals surface area contributed by atoms with Crippen LogP contribution in [0.25, 0.3) is 0 Å². The zero-order valence-electron chi connectivity index (χ0n) is 18.4. The molecule has 1 unspecified atom stereocenters. The monoisotopic (exact) mass is 516 g/mol. The molecule has 2 heterocycles. The van der Waals surface area contributed by atoms with Gasteiger partial charge in [0.15, 0.2) is 0 Å². The van der Waals surface area contributed by atoms with Gasteiger partial charge in [0.1, 0.15) is 12.6 Å². The number of anilines is 1. The van der Waals surface area contributed by atoms with E-state index in [0.717, 1.165) is 9.80 Å². The summed E-state index contributed by atoms with van der Waals surface area (Å²) in [6, 6.07) is 3.37. The van der Waals surface area contributed by atoms with Crippen LogP contribution in [0.15, 0.2) is 18.2 Å². The summed E-state index contributed by atoms with van der Waals surface area (Å²) in [5.41, 5.74) is 0.319. The molecule has 1 aromatic rings. The maximum atomic E-state index is 12.9. The molecule has 1 aromatic carbocycles. The van der Waals surface area contributed by atoms with Crippen LogP contribution >= 0.6 is 0 Å². The number of nitrogens with one attached hydrogen (secondary N) is 2. The van der Waals surface area contributed by atoms with Crippen molar-refractivity contribution in [1.82, 2.24) is 15.1 Å². The number of fused-ring (bicyclic) bond motifs is 1. The minimum absolute atomic E-state index is 0.0132. The summed E-state index contributed by atoms with van der Waals surface area (Å²) < 4.78 is 31.7. The summed E-state index contributed by atoms with van der Waals surface area (Å²) in [6.45, 7) is -0.770. The van der Waals surface area contributed by atoms with Gasteiger partial charge in [-0.25, -0.2) is 4.79 Å². The standard InChI is InChI=1S/C18H18N4O7.C2HF3O2/c1-21(8-14(25)26)13(24)7-19-10-4-2-3-9-15(10)18(29)22(17(9)28)11-5-6-12(23)20-16(11)27;3-2(4,5)1(6)7/h2-4,11,19H,5-8H2,1H3,(H,25,26)(H,20,23,27);(H,6,7). The summed E-state index contributed by atoms with van der Waals surface area (Å²) in [5.74, 6) is -6.98. The van der Waals surface area contributed by atoms with Crippen LogP contribution < -0.4 is 10.6 Å². The number of carbonyl (C=O) groups excluding carboxylic acids is 5. The molecule has 5 amide bonds. The van der Waals surface area contributed by atoms with Crippen molar-refractivity contribution in [1.29, 1.82) is 0 Å². The van der Waals surface area contributed by atoms with Crippen molar-refractivity contribution in [3.63, 3.8) is 0 Å². The molecule has 194 valence electrons. The van der Waals surface area contributed by atoms with E-state index in [4.69, 9.17) is 15.0 Å². The van der Waals surface area contributed by atoms with Gasteiger partial charge in [0.25, 0.3) is 11.8 Å². The molecule has 3 rings (SSSR count). The van der Waals surface area contributed by atoms with Crippen molar-refractivity contribution in [3.8, 4) is 0 Å². The SMILES string of the molecule is CN(CC(=O)O)C(=O)CNc1cccc2c1C(=O)N(C1CCC(=O)NC1=O)C2=O.O=C(O)C(F)(F)F. The lowest BCUT2D eigenvalue weighted by Gasteiger charge is -2.27. The Balaban J connectivity index is 0.000000572. The van der Waals surface area contributed by atoms with Crippen LogP contribution in [0.1, 0.15) is 33.6 Å². The quantitative estimate of drug-likeness (QED) is 0.364. The van der Waals surface area contributed by atoms with Crippen molar-refractivity contribution in [3.05, 3.63) is 29.3 Å². The Morgan fingerprint density at radius 2 is 1.75 bits per heavy atom. The van der Waals surface area contributed by atoms with Crippen molar-refractivity contribution < 1.29 is 56.9 Å². The number of hydrogen-bond acceptors (Lipinski definition) is 8. The van der Waals surface area contributed by atoms with Crippen molar-refractivity contribution in [2.45, 2.75) is 25.1 Å². The minimum atomic E-state index is -5.08. The molecular weight excluding hydrogens is 497 g/mol. The average molecular weight is 516 g/mol. The van der Waals surface area contributed by atoms with Gasteiger partial charge in [0.2, 0.25) is 17.7 Å². The second-order valence-corrected chi connectivity index (χ2v) is 7.48. The molecule has 0 aromatic heterocycles. The molecule has 4 N–H and O–H groups in total. The number of piperidine rings is 1. The zero-order valence-corrected chi connectivity index (χ0v) is 18.4. The van der Waals surface area contributed by atoms with Gasteiger partial charge < -0.3 is 20.4 Å². The van der Waals surface area contributed by atoms with E-state index in [1.54, 1.807) is 0 Å². The largest absolute Gasteiger partial charge is 0.490 e. The van der Waals surface area contributed by atoms with Gasteiger partial charge in [-0.1, -0.05) is 6.07 Å². The van der Waals surface area contributed by atoms with Crippen LogP contribution in [-0.4, -0.2) is 93.8 Å². The first kappa shape index (κ1) is 27.7. The summed E-state index contributed by atoms with van der Waals surface area (Å²) in [7, 11) is 1.33. The van der Waals surface area contributed by atoms with E-state index in [-0.39, 0.29) is 36.2 Å². The molecule has 13 nitrogen and oxygen atoms in total. The van der Waals surface area contributed by atoms with Gasteiger partial charge in [-0.05, 0) is 18.6 Å². The highest BCUT2D eigenvalue weighted by molar-refractivity contribution is 6.25. The first-order valence-corrected chi connectivity index (χ1v) is 9.99. The van der Waals surface area contributed by atoms with Gasteiger partial charge >= 0.3 is 18.1 Å². The molecule has 0 radical (unpaired) electrons. The minimum Gasteiger partial charge on any atom is -0.480 e. The Morgan fingerprint density at radius 1 is 1.14 bits per heavy atom. The second-order valence-electron chi connectivity index (χ2n) is 7.48. The molecule has 16 heteroatoms. The van der Waals surface area contributed by atoms with Crippen LogP contribution in [0.4, 0.5) is 18.9 Å². The molecule has 1 atom stereocenters. The van der Waals surface area contributed by atoms with E-state index < -0.39 is 60.2 Å². The fraction of sp³-hybridized carbons (Fsp3) is 0.350. The highest BCUT2D eigenvalue weighted by atomic mass is 19.4. The van der Waals surface area contributed by atoms with Crippen LogP contribution in [-0.2, 0) is 24.0 Å². The molecule has 0 spiro atoms. The number of carboxylic acids is 2. The molecule has 1 saturated heterocycles. The third-order valence-electron chi connectivity index (χ3n) is 4.94. The highest BCUT2D eigenvalue weighted by Gasteiger charge is 2.45. The van der Waals surface area contributed by atoms with Crippen molar-refractivity contribution in [2.24, 2.45) is 0 Å². The van der Waals surface area contributed by atoms with E-state index >= 15 is 0 Å². The number of hydrogen-bond donors (Lipinski definition) is 4. The van der Waals surface area contributed by atoms with Gasteiger partial charge in [-0.2, -0.15) is 13.2 Å². The molecule has 2 aliphatic rings. The molecule has 1 fully saturated rings. The predicted octanol–water partition coefficient (Wildman–Crippen LogP) is -0.324. The zero-order chi connectivity index (χ0) is 27.4. The smallest absolute Gasteiger partial charge is 0.480 e.